The van der Waals surface area contributed by atoms with Gasteiger partial charge in [-0.1, -0.05) is 18.7 Å². The Morgan fingerprint density at radius 3 is 2.88 bits per heavy atom. The predicted molar refractivity (Wildman–Crippen MR) is 73.8 cm³/mol. The molecule has 1 aromatic rings. The molecule has 16 heavy (non-hydrogen) atoms. The average molecular weight is 235 g/mol. The Kier molecular flexibility index (Phi) is 4.94. The van der Waals surface area contributed by atoms with Crippen LogP contribution in [0.15, 0.2) is 23.1 Å². The molecule has 1 aromatic carbocycles. The minimum absolute atomic E-state index is 0.0357. The topological polar surface area (TPSA) is 21.3 Å². The third-order valence-electron chi connectivity index (χ3n) is 2.24. The summed E-state index contributed by atoms with van der Waals surface area (Å²) in [5, 5.41) is 3.12. The maximum Gasteiger partial charge on any atom is 0.143 e. The van der Waals surface area contributed by atoms with Gasteiger partial charge in [0.1, 0.15) is 5.75 Å². The van der Waals surface area contributed by atoms with Gasteiger partial charge in [-0.05, 0) is 24.0 Å². The van der Waals surface area contributed by atoms with Gasteiger partial charge >= 0.3 is 0 Å². The molecule has 0 radical (unpaired) electrons. The highest BCUT2D eigenvalue weighted by Gasteiger charge is 2.04. The highest BCUT2D eigenvalue weighted by molar-refractivity contribution is 8.14. The molecule has 1 unspecified atom stereocenters. The molecule has 1 rings (SSSR count). The predicted octanol–water partition coefficient (Wildman–Crippen LogP) is 2.82. The second-order valence-electron chi connectivity index (χ2n) is 3.20. The molecule has 0 bridgehead atoms. The number of terminal acetylenes is 1. The van der Waals surface area contributed by atoms with Crippen molar-refractivity contribution in [3.8, 4) is 18.1 Å². The molecule has 0 saturated carbocycles. The van der Waals surface area contributed by atoms with Crippen molar-refractivity contribution in [3.05, 3.63) is 18.2 Å². The van der Waals surface area contributed by atoms with E-state index in [1.165, 1.54) is 4.90 Å². The van der Waals surface area contributed by atoms with Crippen LogP contribution in [0.3, 0.4) is 0 Å². The van der Waals surface area contributed by atoms with E-state index >= 15 is 0 Å². The average Bonchev–Trinajstić information content (AvgIpc) is 2.35. The van der Waals surface area contributed by atoms with Gasteiger partial charge in [-0.3, -0.25) is 0 Å². The van der Waals surface area contributed by atoms with Gasteiger partial charge in [0.2, 0.25) is 0 Å². The van der Waals surface area contributed by atoms with Gasteiger partial charge in [0.05, 0.1) is 19.3 Å². The maximum atomic E-state index is 5.32. The van der Waals surface area contributed by atoms with Gasteiger partial charge < -0.3 is 10.1 Å². The smallest absolute Gasteiger partial charge is 0.143 e. The summed E-state index contributed by atoms with van der Waals surface area (Å²) in [7, 11) is 1.70. The van der Waals surface area contributed by atoms with Crippen molar-refractivity contribution in [1.29, 1.82) is 0 Å². The molecule has 0 heterocycles. The van der Waals surface area contributed by atoms with Crippen molar-refractivity contribution in [3.63, 3.8) is 0 Å². The van der Waals surface area contributed by atoms with Crippen molar-refractivity contribution in [2.24, 2.45) is 0 Å². The van der Waals surface area contributed by atoms with Crippen LogP contribution in [0.4, 0.5) is 5.69 Å². The lowest BCUT2D eigenvalue weighted by Crippen LogP contribution is -2.00. The molecule has 0 aliphatic rings. The zero-order valence-electron chi connectivity index (χ0n) is 9.75. The number of benzene rings is 1. The van der Waals surface area contributed by atoms with Crippen molar-refractivity contribution in [2.45, 2.75) is 11.8 Å². The van der Waals surface area contributed by atoms with E-state index in [0.717, 1.165) is 17.2 Å². The van der Waals surface area contributed by atoms with E-state index in [1.807, 2.05) is 12.1 Å². The molecule has 1 N–H and O–H groups in total. The number of ether oxygens (including phenoxy) is 1. The summed E-state index contributed by atoms with van der Waals surface area (Å²) in [5.41, 5.74) is 0.928. The standard InChI is InChI=1S/C13H17NOS/c1-5-9-14-12-8-7-11(16(4)6-2)10-13(12)15-3/h1,7-8,10,14H,4,6,9H2,2-3H3. The van der Waals surface area contributed by atoms with Crippen LogP contribution in [0, 0.1) is 12.3 Å². The molecule has 3 heteroatoms. The van der Waals surface area contributed by atoms with Crippen molar-refractivity contribution < 1.29 is 4.74 Å². The summed E-state index contributed by atoms with van der Waals surface area (Å²) in [6.45, 7) is 2.63. The number of methoxy groups -OCH3 is 1. The molecular weight excluding hydrogens is 218 g/mol. The second kappa shape index (κ2) is 6.24. The first-order valence-electron chi connectivity index (χ1n) is 5.08. The van der Waals surface area contributed by atoms with E-state index in [0.29, 0.717) is 6.54 Å². The summed E-state index contributed by atoms with van der Waals surface area (Å²) in [4.78, 5) is 1.21. The SMILES string of the molecule is C#CCNc1ccc(S(=C)CC)cc1OC. The lowest BCUT2D eigenvalue weighted by atomic mass is 10.3. The molecule has 86 valence electrons. The molecule has 0 saturated heterocycles. The van der Waals surface area contributed by atoms with E-state index in [4.69, 9.17) is 11.2 Å². The van der Waals surface area contributed by atoms with Gasteiger partial charge in [-0.15, -0.1) is 6.42 Å². The largest absolute Gasteiger partial charge is 0.495 e. The first kappa shape index (κ1) is 12.7. The minimum atomic E-state index is 0.0357. The molecule has 2 nitrogen and oxygen atoms in total. The van der Waals surface area contributed by atoms with Crippen LogP contribution in [0.2, 0.25) is 0 Å². The van der Waals surface area contributed by atoms with Gasteiger partial charge in [0.25, 0.3) is 0 Å². The van der Waals surface area contributed by atoms with Crippen LogP contribution in [0.5, 0.6) is 5.75 Å². The summed E-state index contributed by atoms with van der Waals surface area (Å²) in [5.74, 6) is 8.52. The Balaban J connectivity index is 2.98. The fourth-order valence-corrected chi connectivity index (χ4v) is 2.18. The first-order chi connectivity index (χ1) is 7.72. The first-order valence-corrected chi connectivity index (χ1v) is 6.65. The summed E-state index contributed by atoms with van der Waals surface area (Å²) < 4.78 is 5.32. The molecule has 0 aliphatic carbocycles. The van der Waals surface area contributed by atoms with Crippen LogP contribution in [0.25, 0.3) is 0 Å². The zero-order chi connectivity index (χ0) is 12.0. The van der Waals surface area contributed by atoms with Crippen LogP contribution in [-0.2, 0) is 0 Å². The summed E-state index contributed by atoms with van der Waals surface area (Å²) in [6.07, 6.45) is 5.21. The fourth-order valence-electron chi connectivity index (χ4n) is 1.31. The lowest BCUT2D eigenvalue weighted by molar-refractivity contribution is 0.415. The van der Waals surface area contributed by atoms with Crippen LogP contribution in [0.1, 0.15) is 6.92 Å². The van der Waals surface area contributed by atoms with Gasteiger partial charge in [-0.2, -0.15) is 10.5 Å². The van der Waals surface area contributed by atoms with Crippen LogP contribution < -0.4 is 10.1 Å². The molecule has 0 aromatic heterocycles. The molecule has 0 fully saturated rings. The normalized spacial score (nSPS) is 11.6. The maximum absolute atomic E-state index is 5.32. The van der Waals surface area contributed by atoms with E-state index in [9.17, 15) is 0 Å². The number of rotatable bonds is 5. The van der Waals surface area contributed by atoms with Crippen LogP contribution >= 0.6 is 10.5 Å². The fraction of sp³-hybridized carbons (Fsp3) is 0.308. The highest BCUT2D eigenvalue weighted by atomic mass is 32.2. The zero-order valence-corrected chi connectivity index (χ0v) is 10.6. The number of hydrogen-bond acceptors (Lipinski definition) is 2. The Morgan fingerprint density at radius 1 is 1.56 bits per heavy atom. The molecule has 1 atom stereocenters. The monoisotopic (exact) mass is 235 g/mol. The summed E-state index contributed by atoms with van der Waals surface area (Å²) >= 11 is 0. The Bertz CT molecular complexity index is 420. The van der Waals surface area contributed by atoms with Gasteiger partial charge in [-0.25, -0.2) is 0 Å². The lowest BCUT2D eigenvalue weighted by Gasteiger charge is -2.12. The Morgan fingerprint density at radius 2 is 2.31 bits per heavy atom. The molecular formula is C13H17NOS. The number of hydrogen-bond donors (Lipinski definition) is 1. The van der Waals surface area contributed by atoms with E-state index in [1.54, 1.807) is 7.11 Å². The Hall–Kier alpha value is -1.40. The third-order valence-corrected chi connectivity index (χ3v) is 3.85. The van der Waals surface area contributed by atoms with E-state index in [2.05, 4.69) is 30.1 Å². The molecule has 0 amide bonds. The molecule has 0 aliphatic heterocycles. The van der Waals surface area contributed by atoms with E-state index < -0.39 is 0 Å². The summed E-state index contributed by atoms with van der Waals surface area (Å²) in [6, 6.07) is 6.09. The van der Waals surface area contributed by atoms with Crippen molar-refractivity contribution in [2.75, 3.05) is 24.7 Å². The van der Waals surface area contributed by atoms with E-state index in [-0.39, 0.29) is 10.5 Å². The second-order valence-corrected chi connectivity index (χ2v) is 5.24. The third kappa shape index (κ3) is 3.04. The van der Waals surface area contributed by atoms with Gasteiger partial charge in [0, 0.05) is 4.90 Å². The van der Waals surface area contributed by atoms with Crippen molar-refractivity contribution in [1.82, 2.24) is 0 Å². The number of anilines is 1. The van der Waals surface area contributed by atoms with Gasteiger partial charge in [0.15, 0.2) is 0 Å². The quantitative estimate of drug-likeness (QED) is 0.626. The Labute approximate surface area is 99.9 Å². The van der Waals surface area contributed by atoms with Crippen molar-refractivity contribution >= 4 is 22.0 Å². The minimum Gasteiger partial charge on any atom is -0.495 e. The molecule has 0 spiro atoms. The number of nitrogens with one attached hydrogen (secondary N) is 1. The van der Waals surface area contributed by atoms with Crippen LogP contribution in [-0.4, -0.2) is 25.3 Å². The highest BCUT2D eigenvalue weighted by Crippen LogP contribution is 2.32.